The van der Waals surface area contributed by atoms with Crippen LogP contribution in [0.2, 0.25) is 0 Å². The van der Waals surface area contributed by atoms with Gasteiger partial charge in [-0.25, -0.2) is 0 Å². The molecule has 0 fully saturated rings. The molecule has 0 radical (unpaired) electrons. The lowest BCUT2D eigenvalue weighted by Crippen LogP contribution is -2.36. The summed E-state index contributed by atoms with van der Waals surface area (Å²) in [6.45, 7) is 3.88. The van der Waals surface area contributed by atoms with Crippen molar-refractivity contribution in [3.8, 4) is 0 Å². The molecule has 1 aromatic carbocycles. The van der Waals surface area contributed by atoms with E-state index in [1.165, 1.54) is 11.8 Å². The number of carbonyl (C=O) groups is 1. The van der Waals surface area contributed by atoms with Gasteiger partial charge in [-0.05, 0) is 31.9 Å². The first kappa shape index (κ1) is 11.0. The van der Waals surface area contributed by atoms with Gasteiger partial charge in [0.05, 0.1) is 0 Å². The molecule has 92 valence electrons. The summed E-state index contributed by atoms with van der Waals surface area (Å²) in [7, 11) is 0. The minimum absolute atomic E-state index is 0.0845. The second kappa shape index (κ2) is 3.98. The third-order valence-corrected chi connectivity index (χ3v) is 3.38. The van der Waals surface area contributed by atoms with Gasteiger partial charge in [0.2, 0.25) is 0 Å². The molecule has 1 amide bonds. The number of fused-ring (bicyclic) bond motifs is 1. The van der Waals surface area contributed by atoms with E-state index in [-0.39, 0.29) is 11.9 Å². The van der Waals surface area contributed by atoms with Gasteiger partial charge in [0.15, 0.2) is 5.69 Å². The van der Waals surface area contributed by atoms with Gasteiger partial charge in [0.1, 0.15) is 6.26 Å². The molecule has 2 heterocycles. The first-order chi connectivity index (χ1) is 8.68. The Morgan fingerprint density at radius 1 is 1.44 bits per heavy atom. The maximum absolute atomic E-state index is 12.5. The molecule has 18 heavy (non-hydrogen) atoms. The van der Waals surface area contributed by atoms with E-state index < -0.39 is 0 Å². The largest absolute Gasteiger partial charge is 0.364 e. The van der Waals surface area contributed by atoms with Crippen molar-refractivity contribution in [1.29, 1.82) is 0 Å². The topological polar surface area (TPSA) is 46.3 Å². The maximum Gasteiger partial charge on any atom is 0.280 e. The fraction of sp³-hybridized carbons (Fsp3) is 0.286. The van der Waals surface area contributed by atoms with Gasteiger partial charge in [-0.3, -0.25) is 4.79 Å². The number of aromatic nitrogens is 1. The normalized spacial score (nSPS) is 17.9. The minimum atomic E-state index is -0.0845. The van der Waals surface area contributed by atoms with Crippen molar-refractivity contribution in [3.05, 3.63) is 47.3 Å². The van der Waals surface area contributed by atoms with Crippen molar-refractivity contribution < 1.29 is 9.32 Å². The Balaban J connectivity index is 2.03. The molecule has 1 aliphatic rings. The van der Waals surface area contributed by atoms with Crippen LogP contribution in [0.15, 0.2) is 35.1 Å². The maximum atomic E-state index is 12.5. The van der Waals surface area contributed by atoms with E-state index in [0.29, 0.717) is 5.69 Å². The zero-order valence-electron chi connectivity index (χ0n) is 10.4. The Bertz CT molecular complexity index is 603. The molecular weight excluding hydrogens is 228 g/mol. The molecule has 1 atom stereocenters. The van der Waals surface area contributed by atoms with Crippen molar-refractivity contribution in [3.63, 3.8) is 0 Å². The van der Waals surface area contributed by atoms with E-state index in [0.717, 1.165) is 17.7 Å². The van der Waals surface area contributed by atoms with Crippen LogP contribution in [0.5, 0.6) is 0 Å². The molecule has 0 saturated carbocycles. The monoisotopic (exact) mass is 242 g/mol. The summed E-state index contributed by atoms with van der Waals surface area (Å²) in [4.78, 5) is 14.3. The number of benzene rings is 1. The number of anilines is 1. The molecule has 4 nitrogen and oxygen atoms in total. The number of hydrogen-bond donors (Lipinski definition) is 0. The van der Waals surface area contributed by atoms with Crippen LogP contribution in [0.25, 0.3) is 0 Å². The van der Waals surface area contributed by atoms with Crippen molar-refractivity contribution in [2.24, 2.45) is 0 Å². The summed E-state index contributed by atoms with van der Waals surface area (Å²) >= 11 is 0. The Kier molecular flexibility index (Phi) is 2.44. The Morgan fingerprint density at radius 2 is 2.22 bits per heavy atom. The molecule has 2 aromatic rings. The number of para-hydroxylation sites is 1. The number of rotatable bonds is 1. The second-order valence-corrected chi connectivity index (χ2v) is 4.70. The molecule has 0 spiro atoms. The smallest absolute Gasteiger partial charge is 0.280 e. The lowest BCUT2D eigenvalue weighted by Gasteiger charge is -2.21. The highest BCUT2D eigenvalue weighted by molar-refractivity contribution is 6.07. The van der Waals surface area contributed by atoms with Crippen LogP contribution in [0.3, 0.4) is 0 Å². The van der Waals surface area contributed by atoms with Gasteiger partial charge in [0, 0.05) is 17.3 Å². The minimum Gasteiger partial charge on any atom is -0.364 e. The zero-order chi connectivity index (χ0) is 12.7. The standard InChI is InChI=1S/C14H14N2O2/c1-9-8-18-15-13(9)14(17)16-10(2)7-11-5-3-4-6-12(11)16/h3-6,8,10H,7H2,1-2H3. The van der Waals surface area contributed by atoms with Crippen molar-refractivity contribution in [2.75, 3.05) is 4.90 Å². The van der Waals surface area contributed by atoms with Crippen LogP contribution in [0.4, 0.5) is 5.69 Å². The lowest BCUT2D eigenvalue weighted by molar-refractivity contribution is 0.0972. The third kappa shape index (κ3) is 1.53. The summed E-state index contributed by atoms with van der Waals surface area (Å²) in [6, 6.07) is 8.15. The van der Waals surface area contributed by atoms with Crippen LogP contribution in [0.1, 0.15) is 28.5 Å². The third-order valence-electron chi connectivity index (χ3n) is 3.38. The van der Waals surface area contributed by atoms with Crippen molar-refractivity contribution >= 4 is 11.6 Å². The fourth-order valence-electron chi connectivity index (χ4n) is 2.48. The summed E-state index contributed by atoms with van der Waals surface area (Å²) in [6.07, 6.45) is 2.39. The van der Waals surface area contributed by atoms with Crippen LogP contribution in [0, 0.1) is 6.92 Å². The number of amides is 1. The highest BCUT2D eigenvalue weighted by Gasteiger charge is 2.33. The SMILES string of the molecule is Cc1conc1C(=O)N1c2ccccc2CC1C. The molecule has 1 aromatic heterocycles. The molecule has 0 N–H and O–H groups in total. The highest BCUT2D eigenvalue weighted by Crippen LogP contribution is 2.33. The van der Waals surface area contributed by atoms with Crippen molar-refractivity contribution in [2.45, 2.75) is 26.3 Å². The number of carbonyl (C=O) groups excluding carboxylic acids is 1. The Labute approximate surface area is 105 Å². The van der Waals surface area contributed by atoms with Gasteiger partial charge in [-0.2, -0.15) is 0 Å². The van der Waals surface area contributed by atoms with Crippen molar-refractivity contribution in [1.82, 2.24) is 5.16 Å². The molecule has 3 rings (SSSR count). The van der Waals surface area contributed by atoms with Crippen LogP contribution in [-0.2, 0) is 6.42 Å². The first-order valence-corrected chi connectivity index (χ1v) is 6.01. The summed E-state index contributed by atoms with van der Waals surface area (Å²) < 4.78 is 4.85. The average Bonchev–Trinajstić information content (AvgIpc) is 2.91. The molecule has 1 aliphatic heterocycles. The Morgan fingerprint density at radius 3 is 2.94 bits per heavy atom. The van der Waals surface area contributed by atoms with Gasteiger partial charge >= 0.3 is 0 Å². The van der Waals surface area contributed by atoms with Crippen LogP contribution >= 0.6 is 0 Å². The highest BCUT2D eigenvalue weighted by atomic mass is 16.5. The molecule has 4 heteroatoms. The van der Waals surface area contributed by atoms with E-state index in [1.807, 2.05) is 32.0 Å². The molecule has 0 bridgehead atoms. The zero-order valence-corrected chi connectivity index (χ0v) is 10.4. The van der Waals surface area contributed by atoms with Gasteiger partial charge in [-0.15, -0.1) is 0 Å². The average molecular weight is 242 g/mol. The molecule has 0 saturated heterocycles. The van der Waals surface area contributed by atoms with E-state index in [2.05, 4.69) is 11.2 Å². The number of aryl methyl sites for hydroxylation is 1. The second-order valence-electron chi connectivity index (χ2n) is 4.70. The predicted octanol–water partition coefficient (Wildman–Crippen LogP) is 2.57. The van der Waals surface area contributed by atoms with Crippen LogP contribution in [-0.4, -0.2) is 17.1 Å². The summed E-state index contributed by atoms with van der Waals surface area (Å²) in [5.41, 5.74) is 3.37. The summed E-state index contributed by atoms with van der Waals surface area (Å²) in [5.74, 6) is -0.0845. The lowest BCUT2D eigenvalue weighted by atomic mass is 10.1. The van der Waals surface area contributed by atoms with Gasteiger partial charge < -0.3 is 9.42 Å². The van der Waals surface area contributed by atoms with Crippen LogP contribution < -0.4 is 4.90 Å². The van der Waals surface area contributed by atoms with E-state index in [9.17, 15) is 4.79 Å². The fourth-order valence-corrected chi connectivity index (χ4v) is 2.48. The molecular formula is C14H14N2O2. The quantitative estimate of drug-likeness (QED) is 0.772. The summed E-state index contributed by atoms with van der Waals surface area (Å²) in [5, 5.41) is 3.80. The van der Waals surface area contributed by atoms with Gasteiger partial charge in [-0.1, -0.05) is 23.4 Å². The number of nitrogens with zero attached hydrogens (tertiary/aromatic N) is 2. The number of hydrogen-bond acceptors (Lipinski definition) is 3. The van der Waals surface area contributed by atoms with Gasteiger partial charge in [0.25, 0.3) is 5.91 Å². The molecule has 0 aliphatic carbocycles. The van der Waals surface area contributed by atoms with E-state index >= 15 is 0 Å². The predicted molar refractivity (Wildman–Crippen MR) is 67.7 cm³/mol. The Hall–Kier alpha value is -2.10. The first-order valence-electron chi connectivity index (χ1n) is 6.01. The molecule has 1 unspecified atom stereocenters. The van der Waals surface area contributed by atoms with E-state index in [4.69, 9.17) is 4.52 Å². The van der Waals surface area contributed by atoms with E-state index in [1.54, 1.807) is 4.90 Å².